The Labute approximate surface area is 165 Å². The highest BCUT2D eigenvalue weighted by Gasteiger charge is 2.30. The van der Waals surface area contributed by atoms with E-state index in [2.05, 4.69) is 10.3 Å². The van der Waals surface area contributed by atoms with Gasteiger partial charge in [0.15, 0.2) is 0 Å². The number of nitrogens with zero attached hydrogens (tertiary/aromatic N) is 2. The van der Waals surface area contributed by atoms with Gasteiger partial charge in [-0.25, -0.2) is 4.98 Å². The fourth-order valence-electron chi connectivity index (χ4n) is 2.26. The van der Waals surface area contributed by atoms with Crippen LogP contribution in [0.4, 0.5) is 18.9 Å². The molecular weight excluding hydrogens is 391 g/mol. The quantitative estimate of drug-likeness (QED) is 0.733. The van der Waals surface area contributed by atoms with E-state index in [4.69, 9.17) is 0 Å². The van der Waals surface area contributed by atoms with Crippen molar-refractivity contribution < 1.29 is 22.8 Å². The molecule has 0 radical (unpaired) electrons. The van der Waals surface area contributed by atoms with E-state index in [9.17, 15) is 22.8 Å². The van der Waals surface area contributed by atoms with Gasteiger partial charge in [-0.2, -0.15) is 13.2 Å². The molecule has 0 unspecified atom stereocenters. The summed E-state index contributed by atoms with van der Waals surface area (Å²) in [7, 11) is 1.49. The van der Waals surface area contributed by atoms with E-state index in [0.29, 0.717) is 10.7 Å². The van der Waals surface area contributed by atoms with Crippen LogP contribution in [0.5, 0.6) is 0 Å². The van der Waals surface area contributed by atoms with Gasteiger partial charge < -0.3 is 10.2 Å². The Bertz CT molecular complexity index is 854. The summed E-state index contributed by atoms with van der Waals surface area (Å²) < 4.78 is 37.6. The lowest BCUT2D eigenvalue weighted by Gasteiger charge is -2.17. The molecule has 9 heteroatoms. The van der Waals surface area contributed by atoms with Gasteiger partial charge in [-0.3, -0.25) is 9.59 Å². The van der Waals surface area contributed by atoms with Crippen LogP contribution < -0.4 is 5.32 Å². The van der Waals surface area contributed by atoms with Gasteiger partial charge in [-0.05, 0) is 43.2 Å². The number of thioether (sulfide) groups is 1. The van der Waals surface area contributed by atoms with E-state index >= 15 is 0 Å². The molecule has 150 valence electrons. The summed E-state index contributed by atoms with van der Waals surface area (Å²) in [5, 5.41) is 3.07. The molecule has 5 nitrogen and oxygen atoms in total. The number of nitrogens with one attached hydrogen (secondary N) is 1. The molecule has 1 heterocycles. The molecule has 2 rings (SSSR count). The maximum Gasteiger partial charge on any atom is 0.417 e. The molecule has 0 saturated carbocycles. The van der Waals surface area contributed by atoms with Crippen LogP contribution >= 0.6 is 11.8 Å². The van der Waals surface area contributed by atoms with Gasteiger partial charge in [0.25, 0.3) is 0 Å². The van der Waals surface area contributed by atoms with E-state index in [0.717, 1.165) is 35.2 Å². The molecule has 2 aromatic rings. The van der Waals surface area contributed by atoms with E-state index in [1.165, 1.54) is 18.0 Å². The van der Waals surface area contributed by atoms with Crippen molar-refractivity contribution in [2.24, 2.45) is 0 Å². The fourth-order valence-corrected chi connectivity index (χ4v) is 3.04. The molecule has 2 amide bonds. The maximum absolute atomic E-state index is 12.5. The van der Waals surface area contributed by atoms with E-state index in [-0.39, 0.29) is 24.1 Å². The van der Waals surface area contributed by atoms with Crippen LogP contribution in [0.3, 0.4) is 0 Å². The first-order chi connectivity index (χ1) is 13.1. The second-order valence-electron chi connectivity index (χ2n) is 6.22. The molecular formula is C19H20F3N3O2S. The fraction of sp³-hybridized carbons (Fsp3) is 0.316. The number of hydrogen-bond acceptors (Lipinski definition) is 4. The van der Waals surface area contributed by atoms with Crippen molar-refractivity contribution >= 4 is 29.3 Å². The molecule has 0 aliphatic rings. The normalized spacial score (nSPS) is 11.2. The number of carbonyl (C=O) groups is 2. The lowest BCUT2D eigenvalue weighted by molar-refractivity contribution is -0.137. The zero-order valence-electron chi connectivity index (χ0n) is 15.6. The summed E-state index contributed by atoms with van der Waals surface area (Å²) in [6.45, 7) is 3.70. The second kappa shape index (κ2) is 9.09. The topological polar surface area (TPSA) is 62.3 Å². The van der Waals surface area contributed by atoms with Gasteiger partial charge in [0.05, 0.1) is 22.9 Å². The summed E-state index contributed by atoms with van der Waals surface area (Å²) in [6.07, 6.45) is -3.72. The van der Waals surface area contributed by atoms with Gasteiger partial charge in [-0.1, -0.05) is 23.9 Å². The minimum atomic E-state index is -4.45. The number of amides is 2. The number of anilines is 1. The molecule has 0 atom stereocenters. The van der Waals surface area contributed by atoms with Crippen LogP contribution in [-0.4, -0.2) is 41.0 Å². The monoisotopic (exact) mass is 411 g/mol. The van der Waals surface area contributed by atoms with E-state index in [1.54, 1.807) is 6.07 Å². The van der Waals surface area contributed by atoms with Crippen molar-refractivity contribution in [3.63, 3.8) is 0 Å². The molecule has 0 spiro atoms. The van der Waals surface area contributed by atoms with Crippen molar-refractivity contribution in [1.29, 1.82) is 0 Å². The minimum absolute atomic E-state index is 0.0361. The molecule has 0 bridgehead atoms. The number of likely N-dealkylation sites (N-methyl/N-ethyl adjacent to an activating group) is 1. The SMILES string of the molecule is Cc1cccc(NC(=O)CN(C)C(=O)CSc2ccc(C(F)(F)F)cn2)c1C. The number of rotatable bonds is 6. The Hall–Kier alpha value is -2.55. The predicted molar refractivity (Wildman–Crippen MR) is 102 cm³/mol. The lowest BCUT2D eigenvalue weighted by atomic mass is 10.1. The first-order valence-electron chi connectivity index (χ1n) is 8.34. The first-order valence-corrected chi connectivity index (χ1v) is 9.32. The molecule has 0 fully saturated rings. The highest BCUT2D eigenvalue weighted by molar-refractivity contribution is 7.99. The average Bonchev–Trinajstić information content (AvgIpc) is 2.63. The predicted octanol–water partition coefficient (Wildman–Crippen LogP) is 3.91. The zero-order valence-corrected chi connectivity index (χ0v) is 16.4. The Morgan fingerprint density at radius 3 is 2.50 bits per heavy atom. The summed E-state index contributed by atoms with van der Waals surface area (Å²) in [5.74, 6) is -0.698. The number of alkyl halides is 3. The van der Waals surface area contributed by atoms with Crippen LogP contribution in [0.2, 0.25) is 0 Å². The summed E-state index contributed by atoms with van der Waals surface area (Å²) in [5.41, 5.74) is 1.84. The van der Waals surface area contributed by atoms with Gasteiger partial charge in [-0.15, -0.1) is 0 Å². The first kappa shape index (κ1) is 21.7. The largest absolute Gasteiger partial charge is 0.417 e. The van der Waals surface area contributed by atoms with E-state index < -0.39 is 11.7 Å². The van der Waals surface area contributed by atoms with Gasteiger partial charge in [0, 0.05) is 18.9 Å². The van der Waals surface area contributed by atoms with Crippen LogP contribution in [0, 0.1) is 13.8 Å². The molecule has 0 aliphatic heterocycles. The number of aromatic nitrogens is 1. The Balaban J connectivity index is 1.85. The van der Waals surface area contributed by atoms with Crippen molar-refractivity contribution in [1.82, 2.24) is 9.88 Å². The van der Waals surface area contributed by atoms with Crippen LogP contribution in [0.1, 0.15) is 16.7 Å². The number of pyridine rings is 1. The minimum Gasteiger partial charge on any atom is -0.336 e. The Morgan fingerprint density at radius 1 is 1.18 bits per heavy atom. The Kier molecular flexibility index (Phi) is 7.06. The summed E-state index contributed by atoms with van der Waals surface area (Å²) >= 11 is 1.01. The van der Waals surface area contributed by atoms with Gasteiger partial charge in [0.2, 0.25) is 11.8 Å². The van der Waals surface area contributed by atoms with Crippen molar-refractivity contribution in [2.45, 2.75) is 25.0 Å². The van der Waals surface area contributed by atoms with E-state index in [1.807, 2.05) is 26.0 Å². The smallest absolute Gasteiger partial charge is 0.336 e. The molecule has 0 saturated heterocycles. The summed E-state index contributed by atoms with van der Waals surface area (Å²) in [6, 6.07) is 7.69. The lowest BCUT2D eigenvalue weighted by Crippen LogP contribution is -2.36. The number of aryl methyl sites for hydroxylation is 1. The molecule has 28 heavy (non-hydrogen) atoms. The molecule has 0 aliphatic carbocycles. The number of hydrogen-bond donors (Lipinski definition) is 1. The van der Waals surface area contributed by atoms with Crippen molar-refractivity contribution in [3.8, 4) is 0 Å². The Morgan fingerprint density at radius 2 is 1.89 bits per heavy atom. The third kappa shape index (κ3) is 5.98. The van der Waals surface area contributed by atoms with Crippen LogP contribution in [-0.2, 0) is 15.8 Å². The van der Waals surface area contributed by atoms with Crippen molar-refractivity contribution in [3.05, 3.63) is 53.2 Å². The third-order valence-electron chi connectivity index (χ3n) is 4.09. The van der Waals surface area contributed by atoms with Gasteiger partial charge in [0.1, 0.15) is 0 Å². The number of benzene rings is 1. The second-order valence-corrected chi connectivity index (χ2v) is 7.21. The zero-order chi connectivity index (χ0) is 20.9. The van der Waals surface area contributed by atoms with Gasteiger partial charge >= 0.3 is 6.18 Å². The number of halogens is 3. The third-order valence-corrected chi connectivity index (χ3v) is 5.02. The summed E-state index contributed by atoms with van der Waals surface area (Å²) in [4.78, 5) is 29.3. The average molecular weight is 411 g/mol. The highest BCUT2D eigenvalue weighted by atomic mass is 32.2. The highest BCUT2D eigenvalue weighted by Crippen LogP contribution is 2.29. The van der Waals surface area contributed by atoms with Crippen molar-refractivity contribution in [2.75, 3.05) is 24.7 Å². The number of carbonyl (C=O) groups excluding carboxylic acids is 2. The standard InChI is InChI=1S/C19H20F3N3O2S/c1-12-5-4-6-15(13(12)2)24-16(26)10-25(3)18(27)11-28-17-8-7-14(9-23-17)19(20,21)22/h4-9H,10-11H2,1-3H3,(H,24,26). The molecule has 1 aromatic carbocycles. The van der Waals surface area contributed by atoms with Crippen LogP contribution in [0.15, 0.2) is 41.6 Å². The van der Waals surface area contributed by atoms with Crippen LogP contribution in [0.25, 0.3) is 0 Å². The maximum atomic E-state index is 12.5. The molecule has 1 aromatic heterocycles. The molecule has 1 N–H and O–H groups in total.